The molecule has 1 amide bonds. The van der Waals surface area contributed by atoms with Crippen LogP contribution < -0.4 is 14.8 Å². The van der Waals surface area contributed by atoms with Crippen LogP contribution in [-0.4, -0.2) is 35.3 Å². The van der Waals surface area contributed by atoms with Crippen molar-refractivity contribution in [2.24, 2.45) is 0 Å². The summed E-state index contributed by atoms with van der Waals surface area (Å²) in [5, 5.41) is 8.84. The molecule has 0 radical (unpaired) electrons. The third-order valence-corrected chi connectivity index (χ3v) is 2.78. The number of benzene rings is 1. The summed E-state index contributed by atoms with van der Waals surface area (Å²) in [4.78, 5) is 15.6. The number of nitrogens with zero attached hydrogens (tertiary/aromatic N) is 2. The molecule has 2 aromatic rings. The summed E-state index contributed by atoms with van der Waals surface area (Å²) < 4.78 is 10.4. The van der Waals surface area contributed by atoms with Gasteiger partial charge in [0, 0.05) is 6.42 Å². The second-order valence-electron chi connectivity index (χ2n) is 4.06. The van der Waals surface area contributed by atoms with Crippen LogP contribution in [0.15, 0.2) is 24.5 Å². The van der Waals surface area contributed by atoms with Gasteiger partial charge >= 0.3 is 0 Å². The highest BCUT2D eigenvalue weighted by atomic mass is 16.5. The van der Waals surface area contributed by atoms with Gasteiger partial charge in [0.1, 0.15) is 17.8 Å². The number of hydrogen-bond donors (Lipinski definition) is 2. The third-order valence-electron chi connectivity index (χ3n) is 2.78. The number of amides is 1. The van der Waals surface area contributed by atoms with Crippen LogP contribution in [0.2, 0.25) is 0 Å². The summed E-state index contributed by atoms with van der Waals surface area (Å²) in [7, 11) is 3.20. The normalized spacial score (nSPS) is 10.1. The second-order valence-corrected chi connectivity index (χ2v) is 4.06. The molecular formula is C13H16N4O3. The highest BCUT2D eigenvalue weighted by Gasteiger charge is 2.09. The number of carbonyl (C=O) groups excluding carboxylic acids is 1. The lowest BCUT2D eigenvalue weighted by atomic mass is 10.1. The van der Waals surface area contributed by atoms with Crippen LogP contribution in [0.5, 0.6) is 11.5 Å². The predicted octanol–water partition coefficient (Wildman–Crippen LogP) is 1.39. The number of carbonyl (C=O) groups is 1. The van der Waals surface area contributed by atoms with Crippen molar-refractivity contribution in [3.63, 3.8) is 0 Å². The molecule has 0 bridgehead atoms. The maximum absolute atomic E-state index is 11.8. The van der Waals surface area contributed by atoms with E-state index in [1.807, 2.05) is 18.2 Å². The van der Waals surface area contributed by atoms with Crippen molar-refractivity contribution in [2.45, 2.75) is 12.8 Å². The van der Waals surface area contributed by atoms with E-state index in [4.69, 9.17) is 9.47 Å². The summed E-state index contributed by atoms with van der Waals surface area (Å²) >= 11 is 0. The molecule has 7 heteroatoms. The van der Waals surface area contributed by atoms with Crippen molar-refractivity contribution in [1.29, 1.82) is 0 Å². The average molecular weight is 276 g/mol. The number of ether oxygens (including phenoxy) is 2. The molecule has 0 unspecified atom stereocenters. The number of aromatic nitrogens is 3. The number of aryl methyl sites for hydroxylation is 1. The number of nitrogens with one attached hydrogen (secondary N) is 2. The Hall–Kier alpha value is -2.57. The maximum atomic E-state index is 11.8. The zero-order valence-corrected chi connectivity index (χ0v) is 11.3. The van der Waals surface area contributed by atoms with Crippen LogP contribution in [-0.2, 0) is 11.2 Å². The van der Waals surface area contributed by atoms with Crippen LogP contribution >= 0.6 is 0 Å². The van der Waals surface area contributed by atoms with Crippen LogP contribution in [0, 0.1) is 0 Å². The van der Waals surface area contributed by atoms with Gasteiger partial charge in [-0.05, 0) is 30.2 Å². The van der Waals surface area contributed by atoms with E-state index >= 15 is 0 Å². The Morgan fingerprint density at radius 1 is 1.35 bits per heavy atom. The van der Waals surface area contributed by atoms with Crippen molar-refractivity contribution in [3.05, 3.63) is 30.1 Å². The van der Waals surface area contributed by atoms with Crippen molar-refractivity contribution in [2.75, 3.05) is 19.5 Å². The van der Waals surface area contributed by atoms with Crippen molar-refractivity contribution in [1.82, 2.24) is 15.2 Å². The van der Waals surface area contributed by atoms with Gasteiger partial charge in [0.05, 0.1) is 14.2 Å². The fourth-order valence-corrected chi connectivity index (χ4v) is 1.79. The zero-order chi connectivity index (χ0) is 14.4. The quantitative estimate of drug-likeness (QED) is 0.832. The van der Waals surface area contributed by atoms with Gasteiger partial charge < -0.3 is 9.47 Å². The number of aromatic amines is 1. The molecule has 0 aliphatic rings. The van der Waals surface area contributed by atoms with Gasteiger partial charge in [0.15, 0.2) is 0 Å². The van der Waals surface area contributed by atoms with E-state index in [0.29, 0.717) is 18.8 Å². The summed E-state index contributed by atoms with van der Waals surface area (Å²) in [6.45, 7) is 0. The van der Waals surface area contributed by atoms with Crippen LogP contribution in [0.3, 0.4) is 0 Å². The number of hydrogen-bond acceptors (Lipinski definition) is 5. The van der Waals surface area contributed by atoms with Gasteiger partial charge in [-0.25, -0.2) is 5.10 Å². The molecule has 20 heavy (non-hydrogen) atoms. The van der Waals surface area contributed by atoms with Crippen molar-refractivity contribution in [3.8, 4) is 11.5 Å². The van der Waals surface area contributed by atoms with Gasteiger partial charge in [-0.2, -0.15) is 10.1 Å². The molecule has 0 aliphatic carbocycles. The Morgan fingerprint density at radius 3 is 2.85 bits per heavy atom. The van der Waals surface area contributed by atoms with Crippen LogP contribution in [0.25, 0.3) is 0 Å². The molecule has 1 aromatic heterocycles. The van der Waals surface area contributed by atoms with E-state index < -0.39 is 0 Å². The Kier molecular flexibility index (Phi) is 4.54. The molecule has 0 saturated carbocycles. The molecule has 0 atom stereocenters. The Bertz CT molecular complexity index is 569. The number of H-pyrrole nitrogens is 1. The molecule has 1 heterocycles. The first-order chi connectivity index (χ1) is 9.72. The number of anilines is 1. The zero-order valence-electron chi connectivity index (χ0n) is 11.3. The first kappa shape index (κ1) is 13.9. The summed E-state index contributed by atoms with van der Waals surface area (Å²) in [5.41, 5.74) is 0.916. The van der Waals surface area contributed by atoms with E-state index in [0.717, 1.165) is 17.1 Å². The lowest BCUT2D eigenvalue weighted by molar-refractivity contribution is -0.116. The summed E-state index contributed by atoms with van der Waals surface area (Å²) in [6.07, 6.45) is 2.19. The van der Waals surface area contributed by atoms with Gasteiger partial charge in [-0.3, -0.25) is 10.1 Å². The topological polar surface area (TPSA) is 89.1 Å². The SMILES string of the molecule is COc1ccc(OC)c(CCC(=O)Nc2ncn[nH]2)c1. The standard InChI is InChI=1S/C13H16N4O3/c1-19-10-4-5-11(20-2)9(7-10)3-6-12(18)16-13-14-8-15-17-13/h4-5,7-8H,3,6H2,1-2H3,(H2,14,15,16,17,18). The minimum atomic E-state index is -0.147. The smallest absolute Gasteiger partial charge is 0.227 e. The fraction of sp³-hybridized carbons (Fsp3) is 0.308. The largest absolute Gasteiger partial charge is 0.497 e. The second kappa shape index (κ2) is 6.55. The molecule has 2 N–H and O–H groups in total. The molecule has 0 spiro atoms. The predicted molar refractivity (Wildman–Crippen MR) is 72.9 cm³/mol. The molecular weight excluding hydrogens is 260 g/mol. The van der Waals surface area contributed by atoms with Gasteiger partial charge in [-0.15, -0.1) is 0 Å². The third kappa shape index (κ3) is 3.47. The first-order valence-corrected chi connectivity index (χ1v) is 6.09. The minimum absolute atomic E-state index is 0.147. The Labute approximate surface area is 116 Å². The highest BCUT2D eigenvalue weighted by Crippen LogP contribution is 2.25. The van der Waals surface area contributed by atoms with E-state index in [-0.39, 0.29) is 5.91 Å². The Balaban J connectivity index is 1.97. The van der Waals surface area contributed by atoms with E-state index in [2.05, 4.69) is 20.5 Å². The van der Waals surface area contributed by atoms with Crippen molar-refractivity contribution < 1.29 is 14.3 Å². The molecule has 106 valence electrons. The maximum Gasteiger partial charge on any atom is 0.227 e. The molecule has 0 aliphatic heterocycles. The van der Waals surface area contributed by atoms with Gasteiger partial charge in [-0.1, -0.05) is 0 Å². The van der Waals surface area contributed by atoms with Crippen LogP contribution in [0.1, 0.15) is 12.0 Å². The molecule has 2 rings (SSSR count). The van der Waals surface area contributed by atoms with Crippen molar-refractivity contribution >= 4 is 11.9 Å². The summed E-state index contributed by atoms with van der Waals surface area (Å²) in [5.74, 6) is 1.66. The minimum Gasteiger partial charge on any atom is -0.497 e. The first-order valence-electron chi connectivity index (χ1n) is 6.09. The molecule has 0 fully saturated rings. The summed E-state index contributed by atoms with van der Waals surface area (Å²) in [6, 6.07) is 5.50. The molecule has 0 saturated heterocycles. The fourth-order valence-electron chi connectivity index (χ4n) is 1.79. The molecule has 1 aromatic carbocycles. The van der Waals surface area contributed by atoms with E-state index in [9.17, 15) is 4.79 Å². The monoisotopic (exact) mass is 276 g/mol. The Morgan fingerprint density at radius 2 is 2.20 bits per heavy atom. The van der Waals surface area contributed by atoms with Gasteiger partial charge in [0.2, 0.25) is 11.9 Å². The lowest BCUT2D eigenvalue weighted by Crippen LogP contribution is -2.13. The lowest BCUT2D eigenvalue weighted by Gasteiger charge is -2.10. The number of methoxy groups -OCH3 is 2. The average Bonchev–Trinajstić information content (AvgIpc) is 2.97. The highest BCUT2D eigenvalue weighted by molar-refractivity contribution is 5.89. The number of rotatable bonds is 6. The van der Waals surface area contributed by atoms with Crippen LogP contribution in [0.4, 0.5) is 5.95 Å². The molecule has 7 nitrogen and oxygen atoms in total. The van der Waals surface area contributed by atoms with Gasteiger partial charge in [0.25, 0.3) is 0 Å². The van der Waals surface area contributed by atoms with E-state index in [1.54, 1.807) is 14.2 Å². The van der Waals surface area contributed by atoms with E-state index in [1.165, 1.54) is 6.33 Å².